The average Bonchev–Trinajstić information content (AvgIpc) is 3.00. The summed E-state index contributed by atoms with van der Waals surface area (Å²) in [5.41, 5.74) is 7.56. The summed E-state index contributed by atoms with van der Waals surface area (Å²) < 4.78 is 0. The van der Waals surface area contributed by atoms with Crippen molar-refractivity contribution >= 4 is 22.4 Å². The Bertz CT molecular complexity index is 1890. The summed E-state index contributed by atoms with van der Waals surface area (Å²) in [4.78, 5) is 0. The number of aliphatic hydroxyl groups is 1. The summed E-state index contributed by atoms with van der Waals surface area (Å²) in [6.07, 6.45) is 0. The third kappa shape index (κ3) is 3.66. The molecule has 1 aliphatic rings. The van der Waals surface area contributed by atoms with E-state index in [1.807, 2.05) is 42.5 Å². The van der Waals surface area contributed by atoms with Crippen molar-refractivity contribution in [3.8, 4) is 22.3 Å². The van der Waals surface area contributed by atoms with E-state index in [0.29, 0.717) is 5.02 Å². The topological polar surface area (TPSA) is 20.2 Å². The third-order valence-electron chi connectivity index (χ3n) is 8.65. The first-order chi connectivity index (χ1) is 19.4. The zero-order chi connectivity index (χ0) is 27.5. The van der Waals surface area contributed by atoms with Crippen LogP contribution in [0.15, 0.2) is 133 Å². The Morgan fingerprint density at radius 2 is 1.07 bits per heavy atom. The summed E-state index contributed by atoms with van der Waals surface area (Å²) in [7, 11) is 0. The highest BCUT2D eigenvalue weighted by Gasteiger charge is 2.47. The van der Waals surface area contributed by atoms with Gasteiger partial charge in [-0.05, 0) is 73.5 Å². The van der Waals surface area contributed by atoms with Gasteiger partial charge in [0.15, 0.2) is 0 Å². The monoisotopic (exact) mass is 536 g/mol. The van der Waals surface area contributed by atoms with Crippen LogP contribution >= 0.6 is 11.6 Å². The van der Waals surface area contributed by atoms with Gasteiger partial charge in [-0.3, -0.25) is 0 Å². The van der Waals surface area contributed by atoms with Crippen molar-refractivity contribution < 1.29 is 5.11 Å². The van der Waals surface area contributed by atoms with Gasteiger partial charge in [0.1, 0.15) is 5.60 Å². The Labute approximate surface area is 240 Å². The Hall–Kier alpha value is -4.17. The fraction of sp³-hybridized carbons (Fsp3) is 0.105. The Kier molecular flexibility index (Phi) is 5.71. The second-order valence-corrected chi connectivity index (χ2v) is 11.7. The molecule has 0 aliphatic heterocycles. The van der Waals surface area contributed by atoms with Crippen molar-refractivity contribution in [3.05, 3.63) is 166 Å². The van der Waals surface area contributed by atoms with Crippen LogP contribution in [-0.4, -0.2) is 5.11 Å². The zero-order valence-corrected chi connectivity index (χ0v) is 23.3. The molecule has 0 amide bonds. The molecular formula is C38H29ClO. The first kappa shape index (κ1) is 24.8. The number of hydrogen-bond donors (Lipinski definition) is 1. The molecule has 1 nitrogen and oxygen atoms in total. The van der Waals surface area contributed by atoms with Gasteiger partial charge in [0.25, 0.3) is 0 Å². The van der Waals surface area contributed by atoms with Crippen molar-refractivity contribution in [1.82, 2.24) is 0 Å². The number of halogens is 1. The lowest BCUT2D eigenvalue weighted by atomic mass is 9.61. The second-order valence-electron chi connectivity index (χ2n) is 11.2. The minimum absolute atomic E-state index is 0.287. The van der Waals surface area contributed by atoms with Crippen LogP contribution in [0, 0.1) is 0 Å². The number of fused-ring (bicyclic) bond motifs is 3. The summed E-state index contributed by atoms with van der Waals surface area (Å²) in [5, 5.41) is 16.3. The number of benzene rings is 6. The van der Waals surface area contributed by atoms with Gasteiger partial charge >= 0.3 is 0 Å². The number of hydrogen-bond acceptors (Lipinski definition) is 1. The fourth-order valence-electron chi connectivity index (χ4n) is 6.64. The maximum Gasteiger partial charge on any atom is 0.141 e. The van der Waals surface area contributed by atoms with Gasteiger partial charge in [0.05, 0.1) is 0 Å². The highest BCUT2D eigenvalue weighted by Crippen LogP contribution is 2.53. The van der Waals surface area contributed by atoms with Crippen molar-refractivity contribution in [2.75, 3.05) is 0 Å². The molecule has 0 saturated carbocycles. The number of rotatable bonds is 3. The van der Waals surface area contributed by atoms with Crippen molar-refractivity contribution in [3.63, 3.8) is 0 Å². The van der Waals surface area contributed by atoms with E-state index >= 15 is 0 Å². The summed E-state index contributed by atoms with van der Waals surface area (Å²) in [6, 6.07) is 46.0. The molecule has 194 valence electrons. The summed E-state index contributed by atoms with van der Waals surface area (Å²) >= 11 is 6.25. The first-order valence-corrected chi connectivity index (χ1v) is 14.1. The van der Waals surface area contributed by atoms with Crippen LogP contribution in [-0.2, 0) is 11.0 Å². The van der Waals surface area contributed by atoms with E-state index in [2.05, 4.69) is 105 Å². The molecule has 2 heteroatoms. The van der Waals surface area contributed by atoms with Crippen LogP contribution in [0.3, 0.4) is 0 Å². The zero-order valence-electron chi connectivity index (χ0n) is 22.5. The Morgan fingerprint density at radius 3 is 1.88 bits per heavy atom. The highest BCUT2D eigenvalue weighted by atomic mass is 35.5. The fourth-order valence-corrected chi connectivity index (χ4v) is 6.76. The van der Waals surface area contributed by atoms with Crippen molar-refractivity contribution in [2.24, 2.45) is 0 Å². The molecule has 1 atom stereocenters. The molecule has 1 aliphatic carbocycles. The normalized spacial score (nSPS) is 17.3. The molecule has 6 aromatic carbocycles. The Balaban J connectivity index is 1.55. The van der Waals surface area contributed by atoms with E-state index in [-0.39, 0.29) is 5.41 Å². The largest absolute Gasteiger partial charge is 0.376 e. The highest BCUT2D eigenvalue weighted by molar-refractivity contribution is 6.30. The molecule has 0 aromatic heterocycles. The van der Waals surface area contributed by atoms with Crippen LogP contribution in [0.2, 0.25) is 5.02 Å². The molecule has 40 heavy (non-hydrogen) atoms. The van der Waals surface area contributed by atoms with E-state index in [1.165, 1.54) is 10.8 Å². The van der Waals surface area contributed by atoms with Crippen molar-refractivity contribution in [1.29, 1.82) is 0 Å². The van der Waals surface area contributed by atoms with E-state index in [9.17, 15) is 5.11 Å². The van der Waals surface area contributed by atoms with E-state index in [4.69, 9.17) is 11.6 Å². The lowest BCUT2D eigenvalue weighted by molar-refractivity contribution is 0.117. The molecule has 0 bridgehead atoms. The van der Waals surface area contributed by atoms with Gasteiger partial charge in [-0.2, -0.15) is 0 Å². The SMILES string of the molecule is CC1(C)c2ccccc2C(O)(c2ccccc2-c2ccc(Cl)cc2)c2cc(-c3cccc4ccccc34)ccc21. The van der Waals surface area contributed by atoms with Crippen LogP contribution in [0.5, 0.6) is 0 Å². The first-order valence-electron chi connectivity index (χ1n) is 13.7. The minimum Gasteiger partial charge on any atom is -0.376 e. The lowest BCUT2D eigenvalue weighted by Gasteiger charge is -2.45. The predicted octanol–water partition coefficient (Wildman–Crippen LogP) is 9.75. The van der Waals surface area contributed by atoms with Gasteiger partial charge in [-0.25, -0.2) is 0 Å². The summed E-state index contributed by atoms with van der Waals surface area (Å²) in [5.74, 6) is 0. The smallest absolute Gasteiger partial charge is 0.141 e. The van der Waals surface area contributed by atoms with Crippen LogP contribution in [0.4, 0.5) is 0 Å². The van der Waals surface area contributed by atoms with Gasteiger partial charge < -0.3 is 5.11 Å². The summed E-state index contributed by atoms with van der Waals surface area (Å²) in [6.45, 7) is 4.51. The van der Waals surface area contributed by atoms with Crippen LogP contribution in [0.25, 0.3) is 33.0 Å². The molecule has 0 saturated heterocycles. The Morgan fingerprint density at radius 1 is 0.500 bits per heavy atom. The molecule has 0 spiro atoms. The van der Waals surface area contributed by atoms with Gasteiger partial charge in [0.2, 0.25) is 0 Å². The van der Waals surface area contributed by atoms with Gasteiger partial charge in [-0.1, -0.05) is 141 Å². The molecule has 1 N–H and O–H groups in total. The van der Waals surface area contributed by atoms with Crippen LogP contribution in [0.1, 0.15) is 41.7 Å². The molecule has 7 rings (SSSR count). The maximum absolute atomic E-state index is 13.2. The van der Waals surface area contributed by atoms with Crippen LogP contribution < -0.4 is 0 Å². The molecule has 6 aromatic rings. The van der Waals surface area contributed by atoms with E-state index < -0.39 is 5.60 Å². The predicted molar refractivity (Wildman–Crippen MR) is 167 cm³/mol. The average molecular weight is 537 g/mol. The molecule has 0 fully saturated rings. The standard InChI is InChI=1S/C38H29ClO/c1-37(2)33-16-7-8-17-35(33)38(40,32-15-6-5-13-31(32)26-18-21-28(39)22-19-26)36-24-27(20-23-34(36)37)30-14-9-11-25-10-3-4-12-29(25)30/h3-24,40H,1-2H3. The maximum atomic E-state index is 13.2. The van der Waals surface area contributed by atoms with E-state index in [0.717, 1.165) is 50.1 Å². The van der Waals surface area contributed by atoms with E-state index in [1.54, 1.807) is 0 Å². The third-order valence-corrected chi connectivity index (χ3v) is 8.90. The molecule has 0 radical (unpaired) electrons. The van der Waals surface area contributed by atoms with Crippen molar-refractivity contribution in [2.45, 2.75) is 24.9 Å². The quantitative estimate of drug-likeness (QED) is 0.238. The molecular weight excluding hydrogens is 508 g/mol. The van der Waals surface area contributed by atoms with Gasteiger partial charge in [-0.15, -0.1) is 0 Å². The lowest BCUT2D eigenvalue weighted by Crippen LogP contribution is -2.41. The minimum atomic E-state index is -1.36. The molecule has 0 heterocycles. The molecule has 1 unspecified atom stereocenters. The van der Waals surface area contributed by atoms with Gasteiger partial charge in [0, 0.05) is 16.0 Å². The second kappa shape index (κ2) is 9.20.